The fraction of sp³-hybridized carbons (Fsp3) is 0.111. The van der Waals surface area contributed by atoms with Gasteiger partial charge >= 0.3 is 0 Å². The van der Waals surface area contributed by atoms with Gasteiger partial charge in [0.25, 0.3) is 0 Å². The molecule has 0 fully saturated rings. The number of rotatable bonds is 3. The molecule has 7 nitrogen and oxygen atoms in total. The molecule has 3 aromatic heterocycles. The maximum Gasteiger partial charge on any atom is 0.189 e. The third-order valence-corrected chi connectivity index (χ3v) is 3.04. The zero-order valence-electron chi connectivity index (χ0n) is 8.95. The fourth-order valence-corrected chi connectivity index (χ4v) is 2.20. The highest BCUT2D eigenvalue weighted by Gasteiger charge is 2.10. The van der Waals surface area contributed by atoms with Crippen molar-refractivity contribution >= 4 is 23.2 Å². The highest BCUT2D eigenvalue weighted by Crippen LogP contribution is 2.26. The molecule has 0 atom stereocenters. The van der Waals surface area contributed by atoms with Crippen molar-refractivity contribution in [2.75, 3.05) is 12.4 Å². The average molecular weight is 247 g/mol. The Morgan fingerprint density at radius 2 is 2.35 bits per heavy atom. The molecular formula is C9H9N7S. The number of nitrogens with zero attached hydrogens (tertiary/aromatic N) is 5. The third-order valence-electron chi connectivity index (χ3n) is 2.19. The molecule has 0 aliphatic carbocycles. The zero-order valence-corrected chi connectivity index (χ0v) is 9.77. The minimum Gasteiger partial charge on any atom is -0.372 e. The number of aromatic amines is 1. The Balaban J connectivity index is 2.10. The Morgan fingerprint density at radius 3 is 3.12 bits per heavy atom. The molecule has 0 bridgehead atoms. The molecule has 0 aliphatic rings. The molecule has 0 aliphatic heterocycles. The van der Waals surface area contributed by atoms with Gasteiger partial charge in [0.1, 0.15) is 17.2 Å². The molecule has 0 unspecified atom stereocenters. The standard InChI is InChI=1S/C9H9N7S/c1-10-6-4-16-3-2-11-7(16)8(14-6)17-9-12-5-13-15-9/h2-5,10H,1H3,(H,12,13,15). The lowest BCUT2D eigenvalue weighted by Gasteiger charge is -2.04. The lowest BCUT2D eigenvalue weighted by Crippen LogP contribution is -1.98. The fourth-order valence-electron chi connectivity index (χ4n) is 1.43. The van der Waals surface area contributed by atoms with Crippen molar-refractivity contribution in [2.45, 2.75) is 10.2 Å². The molecule has 0 saturated carbocycles. The highest BCUT2D eigenvalue weighted by atomic mass is 32.2. The van der Waals surface area contributed by atoms with Crippen LogP contribution in [0.15, 0.2) is 35.1 Å². The summed E-state index contributed by atoms with van der Waals surface area (Å²) in [5, 5.41) is 11.1. The Bertz CT molecular complexity index is 630. The van der Waals surface area contributed by atoms with E-state index in [1.54, 1.807) is 6.20 Å². The summed E-state index contributed by atoms with van der Waals surface area (Å²) in [7, 11) is 1.83. The van der Waals surface area contributed by atoms with E-state index in [0.29, 0.717) is 5.16 Å². The van der Waals surface area contributed by atoms with Crippen molar-refractivity contribution in [1.29, 1.82) is 0 Å². The second-order valence-corrected chi connectivity index (χ2v) is 4.21. The minimum absolute atomic E-state index is 0.690. The van der Waals surface area contributed by atoms with Crippen LogP contribution in [0, 0.1) is 0 Å². The number of hydrogen-bond acceptors (Lipinski definition) is 6. The second kappa shape index (κ2) is 4.06. The molecule has 3 heterocycles. The Labute approximate surface area is 101 Å². The number of nitrogens with one attached hydrogen (secondary N) is 2. The van der Waals surface area contributed by atoms with Gasteiger partial charge in [-0.05, 0) is 11.8 Å². The first-order valence-corrected chi connectivity index (χ1v) is 5.73. The predicted octanol–water partition coefficient (Wildman–Crippen LogP) is 1.04. The van der Waals surface area contributed by atoms with Crippen LogP contribution >= 0.6 is 11.8 Å². The molecule has 0 amide bonds. The summed E-state index contributed by atoms with van der Waals surface area (Å²) in [5.74, 6) is 0.775. The van der Waals surface area contributed by atoms with Crippen LogP contribution < -0.4 is 5.32 Å². The average Bonchev–Trinajstić information content (AvgIpc) is 2.98. The lowest BCUT2D eigenvalue weighted by molar-refractivity contribution is 0.962. The number of fused-ring (bicyclic) bond motifs is 1. The predicted molar refractivity (Wildman–Crippen MR) is 63.0 cm³/mol. The van der Waals surface area contributed by atoms with Gasteiger partial charge in [-0.1, -0.05) is 0 Å². The maximum absolute atomic E-state index is 4.45. The van der Waals surface area contributed by atoms with Crippen LogP contribution in [0.2, 0.25) is 0 Å². The summed E-state index contributed by atoms with van der Waals surface area (Å²) >= 11 is 1.39. The highest BCUT2D eigenvalue weighted by molar-refractivity contribution is 7.99. The van der Waals surface area contributed by atoms with E-state index >= 15 is 0 Å². The van der Waals surface area contributed by atoms with Crippen LogP contribution in [0.4, 0.5) is 5.82 Å². The molecule has 0 radical (unpaired) electrons. The summed E-state index contributed by atoms with van der Waals surface area (Å²) in [4.78, 5) is 12.8. The van der Waals surface area contributed by atoms with E-state index in [1.165, 1.54) is 18.1 Å². The van der Waals surface area contributed by atoms with Crippen LogP contribution in [0.5, 0.6) is 0 Å². The largest absolute Gasteiger partial charge is 0.372 e. The summed E-state index contributed by atoms with van der Waals surface area (Å²) < 4.78 is 1.91. The SMILES string of the molecule is CNc1cn2ccnc2c(Sc2ncn[nH]2)n1. The van der Waals surface area contributed by atoms with E-state index in [1.807, 2.05) is 23.8 Å². The van der Waals surface area contributed by atoms with E-state index in [4.69, 9.17) is 0 Å². The maximum atomic E-state index is 4.45. The lowest BCUT2D eigenvalue weighted by atomic mass is 10.6. The molecule has 2 N–H and O–H groups in total. The van der Waals surface area contributed by atoms with Crippen LogP contribution in [0.1, 0.15) is 0 Å². The van der Waals surface area contributed by atoms with Crippen molar-refractivity contribution in [3.05, 3.63) is 24.9 Å². The summed E-state index contributed by atoms with van der Waals surface area (Å²) in [6, 6.07) is 0. The van der Waals surface area contributed by atoms with Gasteiger partial charge < -0.3 is 9.72 Å². The monoisotopic (exact) mass is 247 g/mol. The van der Waals surface area contributed by atoms with Gasteiger partial charge in [-0.3, -0.25) is 5.10 Å². The Kier molecular flexibility index (Phi) is 2.41. The summed E-state index contributed by atoms with van der Waals surface area (Å²) in [5.41, 5.74) is 0.797. The van der Waals surface area contributed by atoms with Crippen molar-refractivity contribution in [1.82, 2.24) is 29.5 Å². The van der Waals surface area contributed by atoms with Crippen LogP contribution in [-0.2, 0) is 0 Å². The van der Waals surface area contributed by atoms with Crippen LogP contribution in [-0.4, -0.2) is 36.6 Å². The normalized spacial score (nSPS) is 10.9. The molecule has 0 spiro atoms. The van der Waals surface area contributed by atoms with Gasteiger partial charge in [0.2, 0.25) is 0 Å². The zero-order chi connectivity index (χ0) is 11.7. The van der Waals surface area contributed by atoms with Gasteiger partial charge in [0.05, 0.1) is 6.20 Å². The summed E-state index contributed by atoms with van der Waals surface area (Å²) in [6.07, 6.45) is 6.96. The van der Waals surface area contributed by atoms with Gasteiger partial charge in [-0.15, -0.1) is 0 Å². The first kappa shape index (κ1) is 10.1. The molecular weight excluding hydrogens is 238 g/mol. The quantitative estimate of drug-likeness (QED) is 0.719. The second-order valence-electron chi connectivity index (χ2n) is 3.23. The molecule has 17 heavy (non-hydrogen) atoms. The third kappa shape index (κ3) is 1.82. The molecule has 0 aromatic carbocycles. The van der Waals surface area contributed by atoms with Crippen LogP contribution in [0.25, 0.3) is 5.65 Å². The van der Waals surface area contributed by atoms with E-state index in [9.17, 15) is 0 Å². The minimum atomic E-state index is 0.690. The van der Waals surface area contributed by atoms with Gasteiger partial charge in [0, 0.05) is 19.4 Å². The van der Waals surface area contributed by atoms with Gasteiger partial charge in [0.15, 0.2) is 10.8 Å². The smallest absolute Gasteiger partial charge is 0.189 e. The first-order valence-electron chi connectivity index (χ1n) is 4.91. The van der Waals surface area contributed by atoms with E-state index in [-0.39, 0.29) is 0 Å². The van der Waals surface area contributed by atoms with Crippen LogP contribution in [0.3, 0.4) is 0 Å². The topological polar surface area (TPSA) is 83.8 Å². The van der Waals surface area contributed by atoms with Crippen molar-refractivity contribution in [3.8, 4) is 0 Å². The van der Waals surface area contributed by atoms with Crippen molar-refractivity contribution in [3.63, 3.8) is 0 Å². The van der Waals surface area contributed by atoms with Gasteiger partial charge in [-0.25, -0.2) is 15.0 Å². The Morgan fingerprint density at radius 1 is 1.41 bits per heavy atom. The van der Waals surface area contributed by atoms with Gasteiger partial charge in [-0.2, -0.15) is 5.10 Å². The molecule has 8 heteroatoms. The number of H-pyrrole nitrogens is 1. The van der Waals surface area contributed by atoms with E-state index in [2.05, 4.69) is 30.5 Å². The number of anilines is 1. The molecule has 3 rings (SSSR count). The summed E-state index contributed by atoms with van der Waals surface area (Å²) in [6.45, 7) is 0. The van der Waals surface area contributed by atoms with E-state index < -0.39 is 0 Å². The Hall–Kier alpha value is -2.09. The molecule has 86 valence electrons. The molecule has 0 saturated heterocycles. The first-order chi connectivity index (χ1) is 8.36. The van der Waals surface area contributed by atoms with Crippen molar-refractivity contribution < 1.29 is 0 Å². The van der Waals surface area contributed by atoms with Crippen molar-refractivity contribution in [2.24, 2.45) is 0 Å². The van der Waals surface area contributed by atoms with E-state index in [0.717, 1.165) is 16.5 Å². The number of aromatic nitrogens is 6. The number of hydrogen-bond donors (Lipinski definition) is 2. The molecule has 3 aromatic rings. The number of imidazole rings is 1.